The Kier molecular flexibility index (Phi) is 6.77. The summed E-state index contributed by atoms with van der Waals surface area (Å²) >= 11 is 0. The Hall–Kier alpha value is -2.35. The Balaban J connectivity index is 2.80. The fourth-order valence-electron chi connectivity index (χ4n) is 1.72. The van der Waals surface area contributed by atoms with Gasteiger partial charge in [0.05, 0.1) is 5.75 Å². The minimum atomic E-state index is -3.68. The van der Waals surface area contributed by atoms with Crippen LogP contribution in [0.2, 0.25) is 0 Å². The van der Waals surface area contributed by atoms with Crippen molar-refractivity contribution < 1.29 is 22.7 Å². The molecular weight excluding hydrogens is 320 g/mol. The number of sulfone groups is 1. The summed E-state index contributed by atoms with van der Waals surface area (Å²) < 4.78 is 29.7. The fraction of sp³-hybridized carbons (Fsp3) is 0.333. The smallest absolute Gasteiger partial charge is 0.255 e. The van der Waals surface area contributed by atoms with Gasteiger partial charge in [0.25, 0.3) is 5.91 Å². The van der Waals surface area contributed by atoms with Crippen molar-refractivity contribution in [3.8, 4) is 5.75 Å². The lowest BCUT2D eigenvalue weighted by Gasteiger charge is -2.13. The molecule has 3 N–H and O–H groups in total. The summed E-state index contributed by atoms with van der Waals surface area (Å²) in [6.45, 7) is 4.69. The number of ether oxygens (including phenoxy) is 1. The molecule has 0 spiro atoms. The Bertz CT molecular complexity index is 685. The van der Waals surface area contributed by atoms with Crippen LogP contribution in [0, 0.1) is 0 Å². The summed E-state index contributed by atoms with van der Waals surface area (Å²) in [7, 11) is -3.68. The first-order valence-corrected chi connectivity index (χ1v) is 8.58. The number of hydrogen-bond donors (Lipinski definition) is 2. The maximum atomic E-state index is 12.3. The molecule has 0 radical (unpaired) electrons. The van der Waals surface area contributed by atoms with Gasteiger partial charge in [-0.25, -0.2) is 8.42 Å². The molecule has 1 aromatic carbocycles. The summed E-state index contributed by atoms with van der Waals surface area (Å²) in [5.74, 6) is -1.19. The van der Waals surface area contributed by atoms with Gasteiger partial charge in [0, 0.05) is 6.54 Å². The molecular formula is C15H20N2O5S. The average molecular weight is 340 g/mol. The highest BCUT2D eigenvalue weighted by Gasteiger charge is 2.27. The Labute approximate surface area is 135 Å². The van der Waals surface area contributed by atoms with Crippen molar-refractivity contribution in [1.82, 2.24) is 5.32 Å². The second-order valence-corrected chi connectivity index (χ2v) is 7.21. The first-order valence-electron chi connectivity index (χ1n) is 6.86. The van der Waals surface area contributed by atoms with Crippen LogP contribution in [-0.4, -0.2) is 38.6 Å². The van der Waals surface area contributed by atoms with Crippen molar-refractivity contribution in [1.29, 1.82) is 0 Å². The van der Waals surface area contributed by atoms with Crippen molar-refractivity contribution in [3.05, 3.63) is 42.5 Å². The van der Waals surface area contributed by atoms with Gasteiger partial charge >= 0.3 is 0 Å². The van der Waals surface area contributed by atoms with E-state index in [4.69, 9.17) is 10.5 Å². The number of benzene rings is 1. The molecule has 0 bridgehead atoms. The van der Waals surface area contributed by atoms with Crippen LogP contribution in [0.15, 0.2) is 36.9 Å². The van der Waals surface area contributed by atoms with Crippen molar-refractivity contribution in [2.75, 3.05) is 13.2 Å². The average Bonchev–Trinajstić information content (AvgIpc) is 2.49. The van der Waals surface area contributed by atoms with Crippen LogP contribution in [0.3, 0.4) is 0 Å². The first-order chi connectivity index (χ1) is 10.8. The Morgan fingerprint density at radius 2 is 2.13 bits per heavy atom. The number of carbonyl (C=O) groups is 2. The number of nitrogens with two attached hydrogens (primary N) is 1. The maximum absolute atomic E-state index is 12.3. The summed E-state index contributed by atoms with van der Waals surface area (Å²) in [5, 5.41) is 1.27. The van der Waals surface area contributed by atoms with E-state index in [-0.39, 0.29) is 18.9 Å². The molecule has 0 aliphatic heterocycles. The molecule has 0 fully saturated rings. The molecule has 1 aromatic rings. The predicted molar refractivity (Wildman–Crippen MR) is 86.4 cm³/mol. The number of hydrogen-bond acceptors (Lipinski definition) is 5. The van der Waals surface area contributed by atoms with Gasteiger partial charge in [0.15, 0.2) is 16.4 Å². The van der Waals surface area contributed by atoms with Crippen LogP contribution in [0.25, 0.3) is 0 Å². The van der Waals surface area contributed by atoms with Crippen LogP contribution in [0.1, 0.15) is 12.5 Å². The lowest BCUT2D eigenvalue weighted by molar-refractivity contribution is -0.120. The standard InChI is InChI=1S/C15H20N2O5S/c1-3-7-17-15(19)11(2)23(20,21)10-12-5-4-6-13(8-12)22-9-14(16)18/h3-6,8,11H,1,7,9-10H2,2H3,(H2,16,18)(H,17,19)/t11-/m1/s1. The van der Waals surface area contributed by atoms with Gasteiger partial charge in [0.1, 0.15) is 11.0 Å². The second-order valence-electron chi connectivity index (χ2n) is 4.89. The van der Waals surface area contributed by atoms with Crippen molar-refractivity contribution in [3.63, 3.8) is 0 Å². The zero-order valence-electron chi connectivity index (χ0n) is 12.8. The van der Waals surface area contributed by atoms with Gasteiger partial charge in [-0.2, -0.15) is 0 Å². The number of primary amides is 1. The normalized spacial score (nSPS) is 12.2. The van der Waals surface area contributed by atoms with E-state index in [0.29, 0.717) is 11.3 Å². The van der Waals surface area contributed by atoms with Crippen LogP contribution in [0.4, 0.5) is 0 Å². The Morgan fingerprint density at radius 1 is 1.43 bits per heavy atom. The molecule has 0 saturated carbocycles. The van der Waals surface area contributed by atoms with E-state index in [1.54, 1.807) is 18.2 Å². The number of amides is 2. The first kappa shape index (κ1) is 18.7. The second kappa shape index (κ2) is 8.33. The third-order valence-electron chi connectivity index (χ3n) is 2.98. The molecule has 0 aliphatic carbocycles. The van der Waals surface area contributed by atoms with Gasteiger partial charge in [-0.15, -0.1) is 6.58 Å². The molecule has 23 heavy (non-hydrogen) atoms. The minimum Gasteiger partial charge on any atom is -0.484 e. The van der Waals surface area contributed by atoms with Gasteiger partial charge in [-0.3, -0.25) is 9.59 Å². The number of rotatable bonds is 9. The molecule has 1 atom stereocenters. The molecule has 126 valence electrons. The van der Waals surface area contributed by atoms with Crippen LogP contribution >= 0.6 is 0 Å². The third-order valence-corrected chi connectivity index (χ3v) is 5.00. The molecule has 0 aromatic heterocycles. The van der Waals surface area contributed by atoms with E-state index in [1.807, 2.05) is 0 Å². The summed E-state index contributed by atoms with van der Waals surface area (Å²) in [5.41, 5.74) is 5.44. The van der Waals surface area contributed by atoms with E-state index in [2.05, 4.69) is 11.9 Å². The largest absolute Gasteiger partial charge is 0.484 e. The van der Waals surface area contributed by atoms with E-state index in [9.17, 15) is 18.0 Å². The molecule has 1 rings (SSSR count). The monoisotopic (exact) mass is 340 g/mol. The van der Waals surface area contributed by atoms with Gasteiger partial charge in [-0.05, 0) is 24.6 Å². The van der Waals surface area contributed by atoms with Crippen LogP contribution < -0.4 is 15.8 Å². The summed E-state index contributed by atoms with van der Waals surface area (Å²) in [4.78, 5) is 22.5. The molecule has 0 saturated heterocycles. The highest BCUT2D eigenvalue weighted by Crippen LogP contribution is 2.17. The SMILES string of the molecule is C=CCNC(=O)[C@@H](C)S(=O)(=O)Cc1cccc(OCC(N)=O)c1. The lowest BCUT2D eigenvalue weighted by atomic mass is 10.2. The molecule has 2 amide bonds. The Morgan fingerprint density at radius 3 is 2.74 bits per heavy atom. The minimum absolute atomic E-state index is 0.204. The van der Waals surface area contributed by atoms with Crippen molar-refractivity contribution in [2.24, 2.45) is 5.73 Å². The quantitative estimate of drug-likeness (QED) is 0.621. The van der Waals surface area contributed by atoms with Crippen LogP contribution in [-0.2, 0) is 25.2 Å². The van der Waals surface area contributed by atoms with E-state index >= 15 is 0 Å². The topological polar surface area (TPSA) is 116 Å². The molecule has 7 nitrogen and oxygen atoms in total. The highest BCUT2D eigenvalue weighted by atomic mass is 32.2. The molecule has 8 heteroatoms. The fourth-order valence-corrected chi connectivity index (χ4v) is 3.02. The van der Waals surface area contributed by atoms with E-state index < -0.39 is 26.9 Å². The molecule has 0 heterocycles. The lowest BCUT2D eigenvalue weighted by Crippen LogP contribution is -2.38. The third kappa shape index (κ3) is 6.11. The van der Waals surface area contributed by atoms with Crippen LogP contribution in [0.5, 0.6) is 5.75 Å². The predicted octanol–water partition coefficient (Wildman–Crippen LogP) is 0.156. The zero-order chi connectivity index (χ0) is 17.5. The maximum Gasteiger partial charge on any atom is 0.255 e. The molecule has 0 aliphatic rings. The van der Waals surface area contributed by atoms with E-state index in [1.165, 1.54) is 19.1 Å². The number of carbonyl (C=O) groups excluding carboxylic acids is 2. The van der Waals surface area contributed by atoms with Gasteiger partial charge in [0.2, 0.25) is 5.91 Å². The summed E-state index contributed by atoms with van der Waals surface area (Å²) in [6, 6.07) is 6.28. The van der Waals surface area contributed by atoms with Crippen molar-refractivity contribution in [2.45, 2.75) is 17.9 Å². The summed E-state index contributed by atoms with van der Waals surface area (Å²) in [6.07, 6.45) is 1.47. The molecule has 0 unspecified atom stereocenters. The zero-order valence-corrected chi connectivity index (χ0v) is 13.6. The number of nitrogens with one attached hydrogen (secondary N) is 1. The highest BCUT2D eigenvalue weighted by molar-refractivity contribution is 7.92. The van der Waals surface area contributed by atoms with Gasteiger partial charge < -0.3 is 15.8 Å². The van der Waals surface area contributed by atoms with E-state index in [0.717, 1.165) is 0 Å². The van der Waals surface area contributed by atoms with Gasteiger partial charge in [-0.1, -0.05) is 18.2 Å². The van der Waals surface area contributed by atoms with Crippen molar-refractivity contribution >= 4 is 21.7 Å².